The molecule has 0 aliphatic carbocycles. The minimum Gasteiger partial charge on any atom is -0.508 e. The van der Waals surface area contributed by atoms with Crippen molar-refractivity contribution in [1.82, 2.24) is 0 Å². The van der Waals surface area contributed by atoms with Crippen LogP contribution >= 0.6 is 0 Å². The normalized spacial score (nSPS) is 10.7. The number of hydrogen-bond donors (Lipinski definition) is 2. The third-order valence-electron chi connectivity index (χ3n) is 3.40. The number of hydrogen-bond acceptors (Lipinski definition) is 2. The van der Waals surface area contributed by atoms with Crippen LogP contribution in [0.2, 0.25) is 0 Å². The van der Waals surface area contributed by atoms with Crippen LogP contribution in [0.5, 0.6) is 11.5 Å². The highest BCUT2D eigenvalue weighted by Crippen LogP contribution is 2.23. The summed E-state index contributed by atoms with van der Waals surface area (Å²) in [6.07, 6.45) is 8.77. The molecule has 0 fully saturated rings. The van der Waals surface area contributed by atoms with Crippen molar-refractivity contribution in [2.75, 3.05) is 0 Å². The van der Waals surface area contributed by atoms with Crippen molar-refractivity contribution >= 4 is 12.2 Å². The predicted octanol–water partition coefficient (Wildman–Crippen LogP) is 4.73. The van der Waals surface area contributed by atoms with Gasteiger partial charge < -0.3 is 10.2 Å². The fourth-order valence-electron chi connectivity index (χ4n) is 2.25. The first kappa shape index (κ1) is 15.6. The largest absolute Gasteiger partial charge is 0.508 e. The molecule has 0 aliphatic rings. The third kappa shape index (κ3) is 3.89. The molecule has 2 aromatic rings. The van der Waals surface area contributed by atoms with Crippen LogP contribution in [0, 0.1) is 0 Å². The maximum Gasteiger partial charge on any atom is 0.119 e. The van der Waals surface area contributed by atoms with E-state index in [4.69, 9.17) is 0 Å². The molecule has 112 valence electrons. The number of benzene rings is 2. The highest BCUT2D eigenvalue weighted by molar-refractivity contribution is 5.71. The first-order valence-electron chi connectivity index (χ1n) is 7.17. The number of phenols is 2. The van der Waals surface area contributed by atoms with Gasteiger partial charge in [0.05, 0.1) is 0 Å². The molecular weight excluding hydrogens is 272 g/mol. The molecule has 2 heteroatoms. The van der Waals surface area contributed by atoms with Crippen LogP contribution in [-0.2, 0) is 12.8 Å². The first-order valence-corrected chi connectivity index (χ1v) is 7.17. The van der Waals surface area contributed by atoms with E-state index in [1.807, 2.05) is 36.4 Å². The summed E-state index contributed by atoms with van der Waals surface area (Å²) < 4.78 is 0. The molecule has 2 aromatic carbocycles. The summed E-state index contributed by atoms with van der Waals surface area (Å²) in [6.45, 7) is 7.39. The number of aromatic hydroxyl groups is 2. The average molecular weight is 292 g/mol. The Bertz CT molecular complexity index is 650. The van der Waals surface area contributed by atoms with Crippen LogP contribution in [-0.4, -0.2) is 10.2 Å². The summed E-state index contributed by atoms with van der Waals surface area (Å²) in [5, 5.41) is 19.5. The Balaban J connectivity index is 2.24. The number of phenolic OH excluding ortho intramolecular Hbond substituents is 2. The Morgan fingerprint density at radius 2 is 1.14 bits per heavy atom. The zero-order valence-corrected chi connectivity index (χ0v) is 12.5. The molecule has 2 N–H and O–H groups in total. The van der Waals surface area contributed by atoms with Crippen molar-refractivity contribution < 1.29 is 10.2 Å². The quantitative estimate of drug-likeness (QED) is 0.597. The van der Waals surface area contributed by atoms with Crippen LogP contribution in [0.25, 0.3) is 12.2 Å². The molecular formula is C20H20O2. The summed E-state index contributed by atoms with van der Waals surface area (Å²) in [5.41, 5.74) is 3.73. The van der Waals surface area contributed by atoms with Crippen LogP contribution < -0.4 is 0 Å². The third-order valence-corrected chi connectivity index (χ3v) is 3.40. The van der Waals surface area contributed by atoms with E-state index >= 15 is 0 Å². The van der Waals surface area contributed by atoms with E-state index in [0.717, 1.165) is 22.3 Å². The highest BCUT2D eigenvalue weighted by atomic mass is 16.3. The second-order valence-corrected chi connectivity index (χ2v) is 5.10. The molecule has 2 rings (SSSR count). The minimum absolute atomic E-state index is 0.287. The molecule has 0 aliphatic heterocycles. The van der Waals surface area contributed by atoms with Crippen molar-refractivity contribution in [3.05, 3.63) is 84.0 Å². The topological polar surface area (TPSA) is 40.5 Å². The van der Waals surface area contributed by atoms with E-state index in [1.54, 1.807) is 24.3 Å². The zero-order chi connectivity index (χ0) is 15.9. The Kier molecular flexibility index (Phi) is 5.21. The average Bonchev–Trinajstić information content (AvgIpc) is 2.51. The molecule has 0 saturated carbocycles. The van der Waals surface area contributed by atoms with Crippen LogP contribution in [0.4, 0.5) is 0 Å². The monoisotopic (exact) mass is 292 g/mol. The van der Waals surface area contributed by atoms with Gasteiger partial charge in [0.2, 0.25) is 0 Å². The SMILES string of the molecule is C=CCc1cc(C=Cc2ccc(O)c(CC=C)c2)ccc1O. The van der Waals surface area contributed by atoms with Gasteiger partial charge in [-0.15, -0.1) is 13.2 Å². The standard InChI is InChI=1S/C20H20O2/c1-3-5-17-13-15(9-11-19(17)21)7-8-16-10-12-20(22)18(14-16)6-4-2/h3-4,7-14,21-22H,1-2,5-6H2. The van der Waals surface area contributed by atoms with E-state index < -0.39 is 0 Å². The van der Waals surface area contributed by atoms with Crippen LogP contribution in [0.1, 0.15) is 22.3 Å². The van der Waals surface area contributed by atoms with Gasteiger partial charge in [-0.2, -0.15) is 0 Å². The maximum absolute atomic E-state index is 9.77. The second kappa shape index (κ2) is 7.32. The first-order chi connectivity index (χ1) is 10.6. The fourth-order valence-corrected chi connectivity index (χ4v) is 2.25. The highest BCUT2D eigenvalue weighted by Gasteiger charge is 2.01. The second-order valence-electron chi connectivity index (χ2n) is 5.10. The smallest absolute Gasteiger partial charge is 0.119 e. The van der Waals surface area contributed by atoms with Crippen molar-refractivity contribution in [2.24, 2.45) is 0 Å². The molecule has 0 aromatic heterocycles. The maximum atomic E-state index is 9.77. The summed E-state index contributed by atoms with van der Waals surface area (Å²) >= 11 is 0. The van der Waals surface area contributed by atoms with E-state index in [0.29, 0.717) is 12.8 Å². The van der Waals surface area contributed by atoms with Gasteiger partial charge in [0, 0.05) is 0 Å². The lowest BCUT2D eigenvalue weighted by Gasteiger charge is -2.04. The molecule has 0 spiro atoms. The van der Waals surface area contributed by atoms with Crippen molar-refractivity contribution in [3.63, 3.8) is 0 Å². The van der Waals surface area contributed by atoms with E-state index in [2.05, 4.69) is 13.2 Å². The van der Waals surface area contributed by atoms with Crippen molar-refractivity contribution in [2.45, 2.75) is 12.8 Å². The minimum atomic E-state index is 0.287. The summed E-state index contributed by atoms with van der Waals surface area (Å²) in [6, 6.07) is 11.0. The van der Waals surface area contributed by atoms with Gasteiger partial charge >= 0.3 is 0 Å². The molecule has 0 amide bonds. The molecule has 0 unspecified atom stereocenters. The predicted molar refractivity (Wildman–Crippen MR) is 92.9 cm³/mol. The van der Waals surface area contributed by atoms with Gasteiger partial charge in [-0.1, -0.05) is 36.4 Å². The van der Waals surface area contributed by atoms with Gasteiger partial charge in [0.1, 0.15) is 11.5 Å². The lowest BCUT2D eigenvalue weighted by Crippen LogP contribution is -1.85. The zero-order valence-electron chi connectivity index (χ0n) is 12.5. The molecule has 0 atom stereocenters. The van der Waals surface area contributed by atoms with Crippen LogP contribution in [0.3, 0.4) is 0 Å². The van der Waals surface area contributed by atoms with Gasteiger partial charge in [-0.3, -0.25) is 0 Å². The molecule has 0 bridgehead atoms. The molecule has 22 heavy (non-hydrogen) atoms. The molecule has 0 saturated heterocycles. The van der Waals surface area contributed by atoms with Gasteiger partial charge in [0.25, 0.3) is 0 Å². The molecule has 2 nitrogen and oxygen atoms in total. The number of rotatable bonds is 6. The number of allylic oxidation sites excluding steroid dienone is 2. The Hall–Kier alpha value is -2.74. The molecule has 0 heterocycles. The van der Waals surface area contributed by atoms with E-state index in [9.17, 15) is 10.2 Å². The van der Waals surface area contributed by atoms with Gasteiger partial charge in [-0.05, 0) is 59.4 Å². The lowest BCUT2D eigenvalue weighted by atomic mass is 10.0. The lowest BCUT2D eigenvalue weighted by molar-refractivity contribution is 0.469. The van der Waals surface area contributed by atoms with Gasteiger partial charge in [-0.25, -0.2) is 0 Å². The van der Waals surface area contributed by atoms with Crippen molar-refractivity contribution in [3.8, 4) is 11.5 Å². The summed E-state index contributed by atoms with van der Waals surface area (Å²) in [5.74, 6) is 0.574. The van der Waals surface area contributed by atoms with E-state index in [1.165, 1.54) is 0 Å². The molecule has 0 radical (unpaired) electrons. The van der Waals surface area contributed by atoms with Crippen LogP contribution in [0.15, 0.2) is 61.7 Å². The Morgan fingerprint density at radius 1 is 0.727 bits per heavy atom. The Labute approximate surface area is 131 Å². The Morgan fingerprint density at radius 3 is 1.50 bits per heavy atom. The summed E-state index contributed by atoms with van der Waals surface area (Å²) in [4.78, 5) is 0. The fraction of sp³-hybridized carbons (Fsp3) is 0.100. The summed E-state index contributed by atoms with van der Waals surface area (Å²) in [7, 11) is 0. The van der Waals surface area contributed by atoms with E-state index in [-0.39, 0.29) is 11.5 Å². The van der Waals surface area contributed by atoms with Crippen molar-refractivity contribution in [1.29, 1.82) is 0 Å². The van der Waals surface area contributed by atoms with Gasteiger partial charge in [0.15, 0.2) is 0 Å².